The van der Waals surface area contributed by atoms with Crippen LogP contribution in [0, 0.1) is 5.82 Å². The second-order valence-corrected chi connectivity index (χ2v) is 7.21. The van der Waals surface area contributed by atoms with Crippen LogP contribution < -0.4 is 15.4 Å². The van der Waals surface area contributed by atoms with Gasteiger partial charge in [-0.3, -0.25) is 9.59 Å². The van der Waals surface area contributed by atoms with E-state index in [0.29, 0.717) is 17.1 Å². The Bertz CT molecular complexity index is 889. The van der Waals surface area contributed by atoms with E-state index in [1.165, 1.54) is 12.1 Å². The van der Waals surface area contributed by atoms with Crippen LogP contribution in [-0.4, -0.2) is 17.9 Å². The quantitative estimate of drug-likeness (QED) is 0.861. The molecule has 140 valence electrons. The van der Waals surface area contributed by atoms with Gasteiger partial charge in [-0.05, 0) is 55.7 Å². The summed E-state index contributed by atoms with van der Waals surface area (Å²) in [5, 5.41) is 5.76. The number of fused-ring (bicyclic) bond motifs is 1. The first-order valence-electron chi connectivity index (χ1n) is 9.17. The van der Waals surface area contributed by atoms with Gasteiger partial charge in [0, 0.05) is 5.69 Å². The van der Waals surface area contributed by atoms with E-state index in [1.807, 2.05) is 0 Å². The fraction of sp³-hybridized carbons (Fsp3) is 0.333. The Labute approximate surface area is 156 Å². The van der Waals surface area contributed by atoms with E-state index in [1.54, 1.807) is 37.3 Å². The highest BCUT2D eigenvalue weighted by Gasteiger charge is 2.42. The molecule has 2 aromatic rings. The Morgan fingerprint density at radius 3 is 2.59 bits per heavy atom. The molecule has 0 aromatic heterocycles. The zero-order chi connectivity index (χ0) is 19.0. The maximum Gasteiger partial charge on any atom is 0.265 e. The molecule has 1 saturated carbocycles. The van der Waals surface area contributed by atoms with Crippen molar-refractivity contribution in [1.82, 2.24) is 0 Å². The number of amides is 2. The van der Waals surface area contributed by atoms with Gasteiger partial charge in [-0.1, -0.05) is 25.0 Å². The number of carbonyl (C=O) groups excluding carboxylic acids is 2. The number of ether oxygens (including phenoxy) is 1. The summed E-state index contributed by atoms with van der Waals surface area (Å²) in [4.78, 5) is 25.0. The third-order valence-corrected chi connectivity index (χ3v) is 5.46. The Morgan fingerprint density at radius 1 is 1.19 bits per heavy atom. The Hall–Kier alpha value is -2.89. The molecule has 1 fully saturated rings. The number of carbonyl (C=O) groups is 2. The molecule has 0 radical (unpaired) electrons. The molecule has 1 atom stereocenters. The molecule has 27 heavy (non-hydrogen) atoms. The molecule has 2 aliphatic rings. The summed E-state index contributed by atoms with van der Waals surface area (Å²) >= 11 is 0. The van der Waals surface area contributed by atoms with Crippen molar-refractivity contribution < 1.29 is 18.7 Å². The van der Waals surface area contributed by atoms with Crippen molar-refractivity contribution in [2.24, 2.45) is 0 Å². The SMILES string of the molecule is CC1Oc2ccc(NC(=O)C3(c4ccc(F)cc4)CCCC3)cc2NC1=O. The van der Waals surface area contributed by atoms with E-state index >= 15 is 0 Å². The van der Waals surface area contributed by atoms with Crippen LogP contribution >= 0.6 is 0 Å². The number of hydrogen-bond acceptors (Lipinski definition) is 3. The lowest BCUT2D eigenvalue weighted by Gasteiger charge is -2.29. The summed E-state index contributed by atoms with van der Waals surface area (Å²) in [7, 11) is 0. The first-order valence-corrected chi connectivity index (χ1v) is 9.17. The van der Waals surface area contributed by atoms with Crippen LogP contribution in [0.1, 0.15) is 38.2 Å². The molecule has 2 aromatic carbocycles. The fourth-order valence-corrected chi connectivity index (χ4v) is 3.93. The van der Waals surface area contributed by atoms with Gasteiger partial charge in [-0.2, -0.15) is 0 Å². The molecular formula is C21H21FN2O3. The maximum absolute atomic E-state index is 13.3. The molecule has 2 amide bonds. The third-order valence-electron chi connectivity index (χ3n) is 5.46. The van der Waals surface area contributed by atoms with Gasteiger partial charge in [-0.15, -0.1) is 0 Å². The van der Waals surface area contributed by atoms with E-state index < -0.39 is 11.5 Å². The van der Waals surface area contributed by atoms with E-state index in [-0.39, 0.29) is 17.6 Å². The van der Waals surface area contributed by atoms with Gasteiger partial charge >= 0.3 is 0 Å². The van der Waals surface area contributed by atoms with Crippen LogP contribution in [0.2, 0.25) is 0 Å². The Balaban J connectivity index is 1.60. The molecule has 1 aliphatic heterocycles. The average Bonchev–Trinajstić information content (AvgIpc) is 3.15. The van der Waals surface area contributed by atoms with Gasteiger partial charge in [-0.25, -0.2) is 4.39 Å². The number of hydrogen-bond donors (Lipinski definition) is 2. The Kier molecular flexibility index (Phi) is 4.34. The lowest BCUT2D eigenvalue weighted by Crippen LogP contribution is -2.38. The lowest BCUT2D eigenvalue weighted by molar-refractivity contribution is -0.123. The van der Waals surface area contributed by atoms with Crippen LogP contribution in [0.15, 0.2) is 42.5 Å². The molecule has 2 N–H and O–H groups in total. The number of anilines is 2. The van der Waals surface area contributed by atoms with Gasteiger partial charge in [0.2, 0.25) is 5.91 Å². The molecule has 0 saturated heterocycles. The number of benzene rings is 2. The Morgan fingerprint density at radius 2 is 1.89 bits per heavy atom. The number of nitrogens with one attached hydrogen (secondary N) is 2. The highest BCUT2D eigenvalue weighted by Crippen LogP contribution is 2.42. The molecule has 0 bridgehead atoms. The van der Waals surface area contributed by atoms with Crippen molar-refractivity contribution >= 4 is 23.2 Å². The summed E-state index contributed by atoms with van der Waals surface area (Å²) in [6, 6.07) is 11.4. The topological polar surface area (TPSA) is 67.4 Å². The highest BCUT2D eigenvalue weighted by molar-refractivity contribution is 6.02. The lowest BCUT2D eigenvalue weighted by atomic mass is 9.78. The van der Waals surface area contributed by atoms with E-state index in [0.717, 1.165) is 31.2 Å². The minimum Gasteiger partial charge on any atom is -0.479 e. The summed E-state index contributed by atoms with van der Waals surface area (Å²) in [5.74, 6) is -0.0614. The smallest absolute Gasteiger partial charge is 0.265 e. The van der Waals surface area contributed by atoms with Crippen molar-refractivity contribution in [3.05, 3.63) is 53.8 Å². The minimum absolute atomic E-state index is 0.108. The molecule has 4 rings (SSSR count). The van der Waals surface area contributed by atoms with E-state index in [2.05, 4.69) is 10.6 Å². The predicted octanol–water partition coefficient (Wildman–Crippen LogP) is 4.00. The summed E-state index contributed by atoms with van der Waals surface area (Å²) in [6.07, 6.45) is 2.82. The molecule has 1 aliphatic carbocycles. The minimum atomic E-state index is -0.655. The monoisotopic (exact) mass is 368 g/mol. The van der Waals surface area contributed by atoms with Gasteiger partial charge in [0.25, 0.3) is 5.91 Å². The van der Waals surface area contributed by atoms with Crippen molar-refractivity contribution in [3.63, 3.8) is 0 Å². The zero-order valence-corrected chi connectivity index (χ0v) is 15.0. The largest absolute Gasteiger partial charge is 0.479 e. The predicted molar refractivity (Wildman–Crippen MR) is 100 cm³/mol. The molecule has 0 spiro atoms. The second kappa shape index (κ2) is 6.68. The maximum atomic E-state index is 13.3. The standard InChI is InChI=1S/C21H21FN2O3/c1-13-19(25)24-17-12-16(8-9-18(17)27-13)23-20(26)21(10-2-3-11-21)14-4-6-15(22)7-5-14/h4-9,12-13H,2-3,10-11H2,1H3,(H,23,26)(H,24,25). The van der Waals surface area contributed by atoms with Crippen LogP contribution in [0.25, 0.3) is 0 Å². The van der Waals surface area contributed by atoms with Crippen LogP contribution in [0.5, 0.6) is 5.75 Å². The molecule has 1 heterocycles. The first-order chi connectivity index (χ1) is 13.0. The van der Waals surface area contributed by atoms with Gasteiger partial charge in [0.1, 0.15) is 11.6 Å². The summed E-state index contributed by atoms with van der Waals surface area (Å²) in [5.41, 5.74) is 1.31. The van der Waals surface area contributed by atoms with Gasteiger partial charge in [0.15, 0.2) is 6.10 Å². The number of halogens is 1. The second-order valence-electron chi connectivity index (χ2n) is 7.21. The average molecular weight is 368 g/mol. The highest BCUT2D eigenvalue weighted by atomic mass is 19.1. The molecule has 1 unspecified atom stereocenters. The van der Waals surface area contributed by atoms with Crippen LogP contribution in [0.4, 0.5) is 15.8 Å². The van der Waals surface area contributed by atoms with E-state index in [4.69, 9.17) is 4.74 Å². The van der Waals surface area contributed by atoms with Crippen molar-refractivity contribution in [1.29, 1.82) is 0 Å². The van der Waals surface area contributed by atoms with Crippen LogP contribution in [-0.2, 0) is 15.0 Å². The summed E-state index contributed by atoms with van der Waals surface area (Å²) in [6.45, 7) is 1.68. The van der Waals surface area contributed by atoms with Gasteiger partial charge in [0.05, 0.1) is 11.1 Å². The van der Waals surface area contributed by atoms with Crippen molar-refractivity contribution in [3.8, 4) is 5.75 Å². The van der Waals surface area contributed by atoms with Crippen molar-refractivity contribution in [2.45, 2.75) is 44.1 Å². The van der Waals surface area contributed by atoms with Crippen LogP contribution in [0.3, 0.4) is 0 Å². The molecule has 6 heteroatoms. The van der Waals surface area contributed by atoms with Gasteiger partial charge < -0.3 is 15.4 Å². The van der Waals surface area contributed by atoms with Crippen molar-refractivity contribution in [2.75, 3.05) is 10.6 Å². The van der Waals surface area contributed by atoms with E-state index in [9.17, 15) is 14.0 Å². The molecule has 5 nitrogen and oxygen atoms in total. The summed E-state index contributed by atoms with van der Waals surface area (Å²) < 4.78 is 18.9. The first kappa shape index (κ1) is 17.5. The zero-order valence-electron chi connectivity index (χ0n) is 15.0. The third kappa shape index (κ3) is 3.16. The fourth-order valence-electron chi connectivity index (χ4n) is 3.93. The number of rotatable bonds is 3. The normalized spacial score (nSPS) is 20.4. The molecular weight excluding hydrogens is 347 g/mol.